The van der Waals surface area contributed by atoms with Gasteiger partial charge in [0.25, 0.3) is 0 Å². The summed E-state index contributed by atoms with van der Waals surface area (Å²) in [7, 11) is 0. The lowest BCUT2D eigenvalue weighted by molar-refractivity contribution is -0.320. The van der Waals surface area contributed by atoms with Gasteiger partial charge >= 0.3 is 0 Å². The maximum Gasteiger partial charge on any atom is 0.189 e. The zero-order valence-corrected chi connectivity index (χ0v) is 42.2. The van der Waals surface area contributed by atoms with Crippen LogP contribution in [0.5, 0.6) is 0 Å². The summed E-state index contributed by atoms with van der Waals surface area (Å²) in [6.07, 6.45) is 22.8. The fraction of sp³-hybridized carbons (Fsp3) is 0.519. The number of hydrogen-bond donors (Lipinski definition) is 10. The van der Waals surface area contributed by atoms with E-state index in [0.717, 1.165) is 33.4 Å². The summed E-state index contributed by atoms with van der Waals surface area (Å²) < 4.78 is 32.9. The molecule has 0 bridgehead atoms. The molecule has 2 rings (SSSR count). The Morgan fingerprint density at radius 3 is 0.971 bits per heavy atom. The van der Waals surface area contributed by atoms with Gasteiger partial charge in [0.1, 0.15) is 61.0 Å². The van der Waals surface area contributed by atoms with Gasteiger partial charge in [-0.05, 0) is 69.2 Å². The van der Waals surface area contributed by atoms with Gasteiger partial charge in [-0.25, -0.2) is 0 Å². The monoisotopic (exact) mass is 985 g/mol. The number of ether oxygens (including phenoxy) is 6. The van der Waals surface area contributed by atoms with Gasteiger partial charge in [0, 0.05) is 0 Å². The molecule has 0 aliphatic carbocycles. The molecule has 2 fully saturated rings. The Bertz CT molecular complexity index is 1840. The lowest BCUT2D eigenvalue weighted by Gasteiger charge is -2.39. The molecular formula is C54H80O16. The Morgan fingerprint density at radius 2 is 0.700 bits per heavy atom. The van der Waals surface area contributed by atoms with E-state index in [4.69, 9.17) is 28.4 Å². The zero-order valence-electron chi connectivity index (χ0n) is 42.2. The van der Waals surface area contributed by atoms with Crippen molar-refractivity contribution in [3.8, 4) is 0 Å². The van der Waals surface area contributed by atoms with Crippen LogP contribution in [-0.2, 0) is 28.4 Å². The molecule has 70 heavy (non-hydrogen) atoms. The highest BCUT2D eigenvalue weighted by atomic mass is 16.8. The van der Waals surface area contributed by atoms with Crippen LogP contribution in [-0.4, -0.2) is 163 Å². The Morgan fingerprint density at radius 1 is 0.429 bits per heavy atom. The third kappa shape index (κ3) is 23.0. The van der Waals surface area contributed by atoms with Crippen molar-refractivity contribution in [1.29, 1.82) is 0 Å². The van der Waals surface area contributed by atoms with Gasteiger partial charge in [-0.1, -0.05) is 155 Å². The maximum atomic E-state index is 10.6. The van der Waals surface area contributed by atoms with Crippen molar-refractivity contribution < 1.29 is 79.5 Å². The van der Waals surface area contributed by atoms with E-state index < -0.39 is 112 Å². The Balaban J connectivity index is 1.84. The summed E-state index contributed by atoms with van der Waals surface area (Å²) in [5.41, 5.74) is 3.42. The topological polar surface area (TPSA) is 258 Å². The van der Waals surface area contributed by atoms with Crippen LogP contribution < -0.4 is 0 Å². The molecule has 2 heterocycles. The number of aliphatic hydroxyl groups is 10. The average Bonchev–Trinajstić information content (AvgIpc) is 3.28. The van der Waals surface area contributed by atoms with E-state index >= 15 is 0 Å². The Kier molecular flexibility index (Phi) is 27.9. The molecule has 0 radical (unpaired) electrons. The molecule has 0 aromatic rings. The Hall–Kier alpha value is -4.02. The second kappa shape index (κ2) is 31.4. The van der Waals surface area contributed by atoms with Crippen molar-refractivity contribution in [1.82, 2.24) is 0 Å². The molecule has 2 aliphatic heterocycles. The first-order chi connectivity index (χ1) is 32.9. The van der Waals surface area contributed by atoms with E-state index in [1.165, 1.54) is 0 Å². The molecule has 0 aromatic heterocycles. The molecule has 392 valence electrons. The van der Waals surface area contributed by atoms with Crippen LogP contribution >= 0.6 is 0 Å². The summed E-state index contributed by atoms with van der Waals surface area (Å²) in [6, 6.07) is 0. The van der Waals surface area contributed by atoms with Crippen molar-refractivity contribution in [3.05, 3.63) is 155 Å². The summed E-state index contributed by atoms with van der Waals surface area (Å²) >= 11 is 0. The lowest BCUT2D eigenvalue weighted by Crippen LogP contribution is -2.59. The van der Waals surface area contributed by atoms with E-state index in [2.05, 4.69) is 0 Å². The normalized spacial score (nSPS) is 28.9. The van der Waals surface area contributed by atoms with Crippen LogP contribution in [0.25, 0.3) is 0 Å². The van der Waals surface area contributed by atoms with Crippen LogP contribution in [0.15, 0.2) is 155 Å². The summed E-state index contributed by atoms with van der Waals surface area (Å²) in [5.74, 6) is 0. The van der Waals surface area contributed by atoms with Crippen molar-refractivity contribution in [2.75, 3.05) is 26.8 Å². The molecule has 16 heteroatoms. The van der Waals surface area contributed by atoms with Crippen LogP contribution in [0.2, 0.25) is 0 Å². The minimum atomic E-state index is -1.57. The lowest BCUT2D eigenvalue weighted by atomic mass is 9.99. The molecule has 0 aromatic carbocycles. The van der Waals surface area contributed by atoms with Gasteiger partial charge in [0.15, 0.2) is 26.2 Å². The highest BCUT2D eigenvalue weighted by Gasteiger charge is 2.45. The zero-order chi connectivity index (χ0) is 52.6. The third-order valence-electron chi connectivity index (χ3n) is 10.8. The van der Waals surface area contributed by atoms with Crippen LogP contribution in [0.1, 0.15) is 69.2 Å². The first-order valence-corrected chi connectivity index (χ1v) is 23.2. The van der Waals surface area contributed by atoms with E-state index in [0.29, 0.717) is 0 Å². The maximum absolute atomic E-state index is 10.6. The van der Waals surface area contributed by atoms with E-state index in [-0.39, 0.29) is 0 Å². The van der Waals surface area contributed by atoms with E-state index in [1.807, 2.05) is 139 Å². The SMILES string of the molecule is CC(C=CC=C(C)C=CC=C(C)C=CC(OCOC1OC(CO)C(O)C(O)C1O)C(C)(C)O)=CC=CC=C(C)C=CC=C(C)C=CC=C(C)C=CC(OCOC1OC(CO)C(O)C(O)C1O)C(C)(C)O. The fourth-order valence-electron chi connectivity index (χ4n) is 6.39. The highest BCUT2D eigenvalue weighted by Crippen LogP contribution is 2.25. The Labute approximate surface area is 414 Å². The molecular weight excluding hydrogens is 905 g/mol. The molecule has 0 amide bonds. The molecule has 0 saturated carbocycles. The number of allylic oxidation sites excluding steroid dienone is 24. The standard InChI is InChI=1S/C54H80O16/c1-35(19-13-21-37(3)23-15-25-39(5)27-29-43(53(7,8)63)65-33-67-51-49(61)47(59)45(57)41(31-55)69-51)17-11-12-18-36(2)20-14-22-38(4)24-16-26-40(6)28-30-44(54(9,10)64)66-34-68-52-50(62)48(60)46(58)42(32-56)70-52/h11-30,41-52,55-64H,31-34H2,1-10H3. The quantitative estimate of drug-likeness (QED) is 0.0425. The summed E-state index contributed by atoms with van der Waals surface area (Å²) in [6.45, 7) is 16.2. The fourth-order valence-corrected chi connectivity index (χ4v) is 6.39. The molecule has 2 aliphatic rings. The predicted octanol–water partition coefficient (Wildman–Crippen LogP) is 4.42. The first kappa shape index (κ1) is 62.1. The van der Waals surface area contributed by atoms with Gasteiger partial charge < -0.3 is 79.5 Å². The van der Waals surface area contributed by atoms with Crippen molar-refractivity contribution in [3.63, 3.8) is 0 Å². The van der Waals surface area contributed by atoms with Gasteiger partial charge in [-0.2, -0.15) is 0 Å². The van der Waals surface area contributed by atoms with Crippen molar-refractivity contribution >= 4 is 0 Å². The molecule has 12 unspecified atom stereocenters. The number of rotatable bonds is 26. The minimum absolute atomic E-state index is 0.403. The van der Waals surface area contributed by atoms with Crippen molar-refractivity contribution in [2.45, 2.75) is 154 Å². The largest absolute Gasteiger partial charge is 0.394 e. The van der Waals surface area contributed by atoms with Gasteiger partial charge in [-0.3, -0.25) is 0 Å². The van der Waals surface area contributed by atoms with Crippen LogP contribution in [0.4, 0.5) is 0 Å². The minimum Gasteiger partial charge on any atom is -0.394 e. The molecule has 12 atom stereocenters. The van der Waals surface area contributed by atoms with Crippen molar-refractivity contribution in [2.24, 2.45) is 0 Å². The smallest absolute Gasteiger partial charge is 0.189 e. The molecule has 2 saturated heterocycles. The van der Waals surface area contributed by atoms with Gasteiger partial charge in [0.05, 0.1) is 24.4 Å². The number of hydrogen-bond acceptors (Lipinski definition) is 16. The third-order valence-corrected chi connectivity index (χ3v) is 10.8. The highest BCUT2D eigenvalue weighted by molar-refractivity contribution is 5.34. The first-order valence-electron chi connectivity index (χ1n) is 23.2. The van der Waals surface area contributed by atoms with E-state index in [9.17, 15) is 51.1 Å². The second-order valence-electron chi connectivity index (χ2n) is 18.4. The molecule has 10 N–H and O–H groups in total. The number of aliphatic hydroxyl groups excluding tert-OH is 8. The van der Waals surface area contributed by atoms with Crippen LogP contribution in [0.3, 0.4) is 0 Å². The van der Waals surface area contributed by atoms with Gasteiger partial charge in [-0.15, -0.1) is 0 Å². The average molecular weight is 985 g/mol. The second-order valence-corrected chi connectivity index (χ2v) is 18.4. The van der Waals surface area contributed by atoms with E-state index in [1.54, 1.807) is 52.0 Å². The summed E-state index contributed by atoms with van der Waals surface area (Å²) in [5, 5.41) is 100. The molecule has 0 spiro atoms. The predicted molar refractivity (Wildman–Crippen MR) is 268 cm³/mol. The molecule has 16 nitrogen and oxygen atoms in total. The van der Waals surface area contributed by atoms with Gasteiger partial charge in [0.2, 0.25) is 0 Å². The summed E-state index contributed by atoms with van der Waals surface area (Å²) in [4.78, 5) is 0. The van der Waals surface area contributed by atoms with Crippen LogP contribution in [0, 0.1) is 0 Å².